The minimum absolute atomic E-state index is 0.0452. The Kier molecular flexibility index (Phi) is 4.25. The van der Waals surface area contributed by atoms with E-state index in [1.54, 1.807) is 0 Å². The first kappa shape index (κ1) is 18.9. The number of nitrogens with one attached hydrogen (secondary N) is 2. The molecule has 30 heavy (non-hydrogen) atoms. The van der Waals surface area contributed by atoms with Crippen LogP contribution in [-0.4, -0.2) is 5.78 Å². The Balaban J connectivity index is 1.76. The average molecular weight is 397 g/mol. The molecule has 0 saturated heterocycles. The number of aryl methyl sites for hydroxylation is 2. The first-order valence-corrected chi connectivity index (χ1v) is 10.7. The van der Waals surface area contributed by atoms with Crippen molar-refractivity contribution in [1.82, 2.24) is 0 Å². The Labute approximate surface area is 178 Å². The molecule has 0 aromatic heterocycles. The Bertz CT molecular complexity index is 1210. The number of carbonyl (C=O) groups is 1. The fourth-order valence-corrected chi connectivity index (χ4v) is 4.95. The second kappa shape index (κ2) is 6.73. The summed E-state index contributed by atoms with van der Waals surface area (Å²) in [5, 5.41) is 9.79. The molecule has 0 saturated carbocycles. The zero-order valence-corrected chi connectivity index (χ0v) is 18.1. The molecule has 152 valence electrons. The van der Waals surface area contributed by atoms with Gasteiger partial charge in [-0.05, 0) is 65.3 Å². The van der Waals surface area contributed by atoms with Crippen LogP contribution in [0.5, 0.6) is 0 Å². The summed E-state index contributed by atoms with van der Waals surface area (Å²) in [5.41, 5.74) is 7.65. The SMILES string of the molecule is Cc1cc2c(cc1C)N[C@H](c1cccc3ccccc13)C1=C(CC(C)(C)CC1=O)N2. The van der Waals surface area contributed by atoms with Crippen LogP contribution < -0.4 is 10.6 Å². The molecule has 2 N–H and O–H groups in total. The van der Waals surface area contributed by atoms with E-state index in [-0.39, 0.29) is 17.2 Å². The van der Waals surface area contributed by atoms with Crippen LogP contribution >= 0.6 is 0 Å². The maximum atomic E-state index is 13.5. The second-order valence-corrected chi connectivity index (χ2v) is 9.59. The van der Waals surface area contributed by atoms with Crippen molar-refractivity contribution in [2.45, 2.75) is 46.6 Å². The molecule has 1 heterocycles. The van der Waals surface area contributed by atoms with Crippen molar-refractivity contribution in [3.63, 3.8) is 0 Å². The summed E-state index contributed by atoms with van der Waals surface area (Å²) in [4.78, 5) is 13.5. The Morgan fingerprint density at radius 2 is 1.60 bits per heavy atom. The molecule has 1 aliphatic carbocycles. The number of allylic oxidation sites excluding steroid dienone is 1. The number of rotatable bonds is 1. The Hall–Kier alpha value is -3.07. The molecule has 5 rings (SSSR count). The van der Waals surface area contributed by atoms with Crippen LogP contribution in [-0.2, 0) is 4.79 Å². The van der Waals surface area contributed by atoms with Crippen LogP contribution in [0.3, 0.4) is 0 Å². The van der Waals surface area contributed by atoms with Crippen molar-refractivity contribution in [2.24, 2.45) is 5.41 Å². The van der Waals surface area contributed by atoms with Crippen molar-refractivity contribution in [3.05, 3.63) is 82.6 Å². The van der Waals surface area contributed by atoms with Gasteiger partial charge in [-0.1, -0.05) is 56.3 Å². The highest BCUT2D eigenvalue weighted by molar-refractivity contribution is 6.02. The Morgan fingerprint density at radius 3 is 2.40 bits per heavy atom. The van der Waals surface area contributed by atoms with E-state index in [1.807, 2.05) is 0 Å². The molecule has 3 nitrogen and oxygen atoms in total. The summed E-state index contributed by atoms with van der Waals surface area (Å²) in [7, 11) is 0. The van der Waals surface area contributed by atoms with Crippen LogP contribution in [0.25, 0.3) is 10.8 Å². The molecule has 0 amide bonds. The maximum absolute atomic E-state index is 13.5. The standard InChI is InChI=1S/C27H28N2O/c1-16-12-21-22(13-17(16)2)29-26(20-11-7-9-18-8-5-6-10-19(18)20)25-23(28-21)14-27(3,4)15-24(25)30/h5-13,26,28-29H,14-15H2,1-4H3/t26-/m1/s1. The van der Waals surface area contributed by atoms with Crippen LogP contribution in [0.1, 0.15) is 49.4 Å². The molecule has 1 aliphatic heterocycles. The van der Waals surface area contributed by atoms with E-state index < -0.39 is 0 Å². The first-order valence-electron chi connectivity index (χ1n) is 10.7. The molecule has 2 aliphatic rings. The van der Waals surface area contributed by atoms with Gasteiger partial charge in [0.2, 0.25) is 0 Å². The number of Topliss-reactive ketones (excluding diaryl/α,β-unsaturated/α-hetero) is 1. The van der Waals surface area contributed by atoms with Gasteiger partial charge < -0.3 is 10.6 Å². The van der Waals surface area contributed by atoms with E-state index in [0.29, 0.717) is 6.42 Å². The molecular formula is C27H28N2O. The van der Waals surface area contributed by atoms with Gasteiger partial charge in [-0.15, -0.1) is 0 Å². The molecule has 0 bridgehead atoms. The fourth-order valence-electron chi connectivity index (χ4n) is 4.95. The van der Waals surface area contributed by atoms with Crippen LogP contribution in [0.15, 0.2) is 65.9 Å². The van der Waals surface area contributed by atoms with E-state index in [4.69, 9.17) is 0 Å². The van der Waals surface area contributed by atoms with Crippen molar-refractivity contribution in [1.29, 1.82) is 0 Å². The normalized spacial score (nSPS) is 20.1. The molecular weight excluding hydrogens is 368 g/mol. The van der Waals surface area contributed by atoms with Gasteiger partial charge in [-0.3, -0.25) is 4.79 Å². The number of fused-ring (bicyclic) bond motifs is 2. The van der Waals surface area contributed by atoms with Gasteiger partial charge in [0, 0.05) is 17.7 Å². The highest BCUT2D eigenvalue weighted by Gasteiger charge is 2.39. The predicted molar refractivity (Wildman–Crippen MR) is 125 cm³/mol. The summed E-state index contributed by atoms with van der Waals surface area (Å²) < 4.78 is 0. The van der Waals surface area contributed by atoms with E-state index in [1.165, 1.54) is 21.9 Å². The third-order valence-electron chi connectivity index (χ3n) is 6.56. The van der Waals surface area contributed by atoms with Crippen molar-refractivity contribution in [2.75, 3.05) is 10.6 Å². The molecule has 3 aromatic carbocycles. The van der Waals surface area contributed by atoms with E-state index in [9.17, 15) is 4.79 Å². The van der Waals surface area contributed by atoms with E-state index in [0.717, 1.165) is 34.6 Å². The van der Waals surface area contributed by atoms with Gasteiger partial charge in [-0.2, -0.15) is 0 Å². The van der Waals surface area contributed by atoms with Gasteiger partial charge in [0.15, 0.2) is 5.78 Å². The maximum Gasteiger partial charge on any atom is 0.163 e. The van der Waals surface area contributed by atoms with Crippen LogP contribution in [0, 0.1) is 19.3 Å². The van der Waals surface area contributed by atoms with Gasteiger partial charge in [0.25, 0.3) is 0 Å². The first-order chi connectivity index (χ1) is 14.3. The number of benzene rings is 3. The minimum atomic E-state index is -0.175. The predicted octanol–water partition coefficient (Wildman–Crippen LogP) is 6.68. The molecule has 0 spiro atoms. The average Bonchev–Trinajstić information content (AvgIpc) is 2.83. The van der Waals surface area contributed by atoms with Crippen molar-refractivity contribution < 1.29 is 4.79 Å². The Morgan fingerprint density at radius 1 is 0.900 bits per heavy atom. The fraction of sp³-hybridized carbons (Fsp3) is 0.296. The monoisotopic (exact) mass is 396 g/mol. The van der Waals surface area contributed by atoms with E-state index >= 15 is 0 Å². The topological polar surface area (TPSA) is 41.1 Å². The summed E-state index contributed by atoms with van der Waals surface area (Å²) in [6.45, 7) is 8.64. The smallest absolute Gasteiger partial charge is 0.163 e. The largest absolute Gasteiger partial charge is 0.372 e. The van der Waals surface area contributed by atoms with Gasteiger partial charge in [-0.25, -0.2) is 0 Å². The van der Waals surface area contributed by atoms with E-state index in [2.05, 4.69) is 92.9 Å². The highest BCUT2D eigenvalue weighted by Crippen LogP contribution is 2.46. The quantitative estimate of drug-likeness (QED) is 0.482. The third kappa shape index (κ3) is 3.09. The zero-order chi connectivity index (χ0) is 21.0. The second-order valence-electron chi connectivity index (χ2n) is 9.59. The summed E-state index contributed by atoms with van der Waals surface area (Å²) in [5.74, 6) is 0.237. The van der Waals surface area contributed by atoms with Crippen molar-refractivity contribution in [3.8, 4) is 0 Å². The highest BCUT2D eigenvalue weighted by atomic mass is 16.1. The number of ketones is 1. The summed E-state index contributed by atoms with van der Waals surface area (Å²) in [6.07, 6.45) is 1.44. The lowest BCUT2D eigenvalue weighted by molar-refractivity contribution is -0.118. The van der Waals surface area contributed by atoms with Gasteiger partial charge in [0.1, 0.15) is 0 Å². The van der Waals surface area contributed by atoms with Crippen molar-refractivity contribution >= 4 is 27.9 Å². The third-order valence-corrected chi connectivity index (χ3v) is 6.56. The number of anilines is 2. The molecule has 0 fully saturated rings. The van der Waals surface area contributed by atoms with Crippen LogP contribution in [0.2, 0.25) is 0 Å². The molecule has 1 atom stereocenters. The number of hydrogen-bond acceptors (Lipinski definition) is 3. The minimum Gasteiger partial charge on any atom is -0.372 e. The lowest BCUT2D eigenvalue weighted by Crippen LogP contribution is -2.31. The number of hydrogen-bond donors (Lipinski definition) is 2. The van der Waals surface area contributed by atoms with Crippen LogP contribution in [0.4, 0.5) is 11.4 Å². The zero-order valence-electron chi connectivity index (χ0n) is 18.1. The number of carbonyl (C=O) groups excluding carboxylic acids is 1. The lowest BCUT2D eigenvalue weighted by Gasteiger charge is -2.34. The van der Waals surface area contributed by atoms with Gasteiger partial charge >= 0.3 is 0 Å². The molecule has 3 aromatic rings. The summed E-state index contributed by atoms with van der Waals surface area (Å²) >= 11 is 0. The summed E-state index contributed by atoms with van der Waals surface area (Å²) in [6, 6.07) is 19.0. The lowest BCUT2D eigenvalue weighted by atomic mass is 9.73. The molecule has 3 heteroatoms. The molecule has 0 radical (unpaired) electrons. The van der Waals surface area contributed by atoms with Gasteiger partial charge in [0.05, 0.1) is 17.4 Å². The molecule has 0 unspecified atom stereocenters.